The molecule has 0 radical (unpaired) electrons. The monoisotopic (exact) mass is 272 g/mol. The Balaban J connectivity index is 2.39. The van der Waals surface area contributed by atoms with Crippen molar-refractivity contribution in [2.45, 2.75) is 27.2 Å². The van der Waals surface area contributed by atoms with Crippen molar-refractivity contribution in [1.82, 2.24) is 4.98 Å². The number of rotatable bonds is 4. The van der Waals surface area contributed by atoms with Gasteiger partial charge in [-0.1, -0.05) is 0 Å². The van der Waals surface area contributed by atoms with Crippen LogP contribution in [0.3, 0.4) is 0 Å². The predicted octanol–water partition coefficient (Wildman–Crippen LogP) is 3.89. The fourth-order valence-electron chi connectivity index (χ4n) is 1.96. The Morgan fingerprint density at radius 3 is 2.79 bits per heavy atom. The first-order valence-electron chi connectivity index (χ1n) is 6.21. The Hall–Kier alpha value is -1.86. The van der Waals surface area contributed by atoms with Crippen molar-refractivity contribution in [2.75, 3.05) is 6.61 Å². The molecule has 2 rings (SSSR count). The van der Waals surface area contributed by atoms with E-state index in [0.29, 0.717) is 13.0 Å². The first kappa shape index (κ1) is 13.6. The summed E-state index contributed by atoms with van der Waals surface area (Å²) in [6.45, 7) is 6.75. The molecule has 0 bridgehead atoms. The fraction of sp³-hybridized carbons (Fsp3) is 0.333. The van der Waals surface area contributed by atoms with Crippen LogP contribution in [0.2, 0.25) is 0 Å². The maximum atomic E-state index is 8.69. The molecule has 1 aromatic heterocycles. The van der Waals surface area contributed by atoms with Gasteiger partial charge < -0.3 is 4.74 Å². The zero-order chi connectivity index (χ0) is 13.8. The Morgan fingerprint density at radius 1 is 1.32 bits per heavy atom. The molecule has 2 aromatic rings. The summed E-state index contributed by atoms with van der Waals surface area (Å²) in [6.07, 6.45) is 0.375. The van der Waals surface area contributed by atoms with E-state index >= 15 is 0 Å². The van der Waals surface area contributed by atoms with Gasteiger partial charge in [0.15, 0.2) is 0 Å². The highest BCUT2D eigenvalue weighted by atomic mass is 32.1. The van der Waals surface area contributed by atoms with Crippen LogP contribution < -0.4 is 4.74 Å². The zero-order valence-corrected chi connectivity index (χ0v) is 12.2. The Labute approximate surface area is 117 Å². The van der Waals surface area contributed by atoms with E-state index in [9.17, 15) is 0 Å². The molecule has 1 aromatic carbocycles. The molecule has 0 aliphatic carbocycles. The number of nitriles is 1. The zero-order valence-electron chi connectivity index (χ0n) is 11.4. The molecule has 0 fully saturated rings. The highest BCUT2D eigenvalue weighted by molar-refractivity contribution is 7.10. The van der Waals surface area contributed by atoms with Gasteiger partial charge in [-0.15, -0.1) is 11.3 Å². The van der Waals surface area contributed by atoms with Crippen LogP contribution in [0.5, 0.6) is 5.75 Å². The average molecular weight is 272 g/mol. The molecule has 19 heavy (non-hydrogen) atoms. The highest BCUT2D eigenvalue weighted by Crippen LogP contribution is 2.31. The molecule has 0 amide bonds. The molecule has 98 valence electrons. The maximum Gasteiger partial charge on any atom is 0.122 e. The third-order valence-corrected chi connectivity index (χ3v) is 3.73. The Bertz CT molecular complexity index is 626. The van der Waals surface area contributed by atoms with Crippen LogP contribution in [0.1, 0.15) is 23.1 Å². The third-order valence-electron chi connectivity index (χ3n) is 2.88. The highest BCUT2D eigenvalue weighted by Gasteiger charge is 2.10. The van der Waals surface area contributed by atoms with E-state index in [1.54, 1.807) is 0 Å². The number of benzene rings is 1. The minimum Gasteiger partial charge on any atom is -0.494 e. The lowest BCUT2D eigenvalue weighted by Crippen LogP contribution is -1.96. The summed E-state index contributed by atoms with van der Waals surface area (Å²) in [6, 6.07) is 6.28. The molecule has 0 N–H and O–H groups in total. The Kier molecular flexibility index (Phi) is 4.18. The lowest BCUT2D eigenvalue weighted by molar-refractivity contribution is 0.337. The Morgan fingerprint density at radius 2 is 2.11 bits per heavy atom. The number of nitrogens with zero attached hydrogens (tertiary/aromatic N) is 2. The number of aryl methyl sites for hydroxylation is 2. The molecule has 4 heteroatoms. The van der Waals surface area contributed by atoms with Crippen LogP contribution in [0, 0.1) is 25.2 Å². The van der Waals surface area contributed by atoms with Crippen molar-refractivity contribution in [3.8, 4) is 23.1 Å². The number of thiazole rings is 1. The predicted molar refractivity (Wildman–Crippen MR) is 77.5 cm³/mol. The molecular weight excluding hydrogens is 256 g/mol. The van der Waals surface area contributed by atoms with Gasteiger partial charge in [-0.05, 0) is 44.0 Å². The third kappa shape index (κ3) is 2.94. The second kappa shape index (κ2) is 5.85. The number of aromatic nitrogens is 1. The summed E-state index contributed by atoms with van der Waals surface area (Å²) in [5, 5.41) is 11.6. The van der Waals surface area contributed by atoms with Crippen molar-refractivity contribution in [3.63, 3.8) is 0 Å². The van der Waals surface area contributed by atoms with Gasteiger partial charge >= 0.3 is 0 Å². The van der Waals surface area contributed by atoms with Gasteiger partial charge in [-0.25, -0.2) is 4.98 Å². The molecule has 0 spiro atoms. The molecule has 3 nitrogen and oxygen atoms in total. The van der Waals surface area contributed by atoms with E-state index in [1.807, 2.05) is 19.2 Å². The topological polar surface area (TPSA) is 45.9 Å². The van der Waals surface area contributed by atoms with Crippen LogP contribution in [0.15, 0.2) is 17.5 Å². The van der Waals surface area contributed by atoms with E-state index in [0.717, 1.165) is 33.1 Å². The molecular formula is C15H16N2OS. The summed E-state index contributed by atoms with van der Waals surface area (Å²) >= 11 is 1.53. The van der Waals surface area contributed by atoms with Gasteiger partial charge in [0, 0.05) is 10.9 Å². The van der Waals surface area contributed by atoms with Gasteiger partial charge in [0.2, 0.25) is 0 Å². The summed E-state index contributed by atoms with van der Waals surface area (Å²) in [4.78, 5) is 4.50. The normalized spacial score (nSPS) is 10.2. The minimum absolute atomic E-state index is 0.375. The molecule has 0 aliphatic rings. The van der Waals surface area contributed by atoms with E-state index in [1.165, 1.54) is 11.3 Å². The summed E-state index contributed by atoms with van der Waals surface area (Å²) in [5.41, 5.74) is 4.31. The van der Waals surface area contributed by atoms with E-state index < -0.39 is 0 Å². The second-order valence-electron chi connectivity index (χ2n) is 4.33. The lowest BCUT2D eigenvalue weighted by atomic mass is 10.0. The average Bonchev–Trinajstić information content (AvgIpc) is 2.82. The molecule has 0 saturated carbocycles. The van der Waals surface area contributed by atoms with Crippen LogP contribution >= 0.6 is 11.3 Å². The largest absolute Gasteiger partial charge is 0.494 e. The van der Waals surface area contributed by atoms with Crippen molar-refractivity contribution in [1.29, 1.82) is 5.26 Å². The van der Waals surface area contributed by atoms with E-state index in [2.05, 4.69) is 30.1 Å². The second-order valence-corrected chi connectivity index (χ2v) is 5.27. The van der Waals surface area contributed by atoms with Gasteiger partial charge in [0.1, 0.15) is 10.8 Å². The summed E-state index contributed by atoms with van der Waals surface area (Å²) in [5.74, 6) is 0.927. The van der Waals surface area contributed by atoms with Crippen LogP contribution in [-0.4, -0.2) is 11.6 Å². The van der Waals surface area contributed by atoms with Crippen LogP contribution in [0.4, 0.5) is 0 Å². The van der Waals surface area contributed by atoms with Gasteiger partial charge in [-0.3, -0.25) is 0 Å². The van der Waals surface area contributed by atoms with Crippen molar-refractivity contribution in [2.24, 2.45) is 0 Å². The van der Waals surface area contributed by atoms with Crippen molar-refractivity contribution >= 4 is 11.3 Å². The first-order chi connectivity index (χ1) is 9.15. The minimum atomic E-state index is 0.375. The first-order valence-corrected chi connectivity index (χ1v) is 7.09. The molecule has 0 unspecified atom stereocenters. The number of hydrogen-bond donors (Lipinski definition) is 0. The standard InChI is InChI=1S/C15H16N2OS/c1-4-18-14-8-10(2)12(7-11(14)3)13-9-19-15(17-13)5-6-16/h7-9H,4-5H2,1-3H3. The van der Waals surface area contributed by atoms with Crippen molar-refractivity contribution in [3.05, 3.63) is 33.6 Å². The number of hydrogen-bond acceptors (Lipinski definition) is 4. The fourth-order valence-corrected chi connectivity index (χ4v) is 2.69. The van der Waals surface area contributed by atoms with Crippen LogP contribution in [-0.2, 0) is 6.42 Å². The lowest BCUT2D eigenvalue weighted by Gasteiger charge is -2.11. The maximum absolute atomic E-state index is 8.69. The van der Waals surface area contributed by atoms with E-state index in [-0.39, 0.29) is 0 Å². The molecule has 0 aliphatic heterocycles. The van der Waals surface area contributed by atoms with Gasteiger partial charge in [0.05, 0.1) is 24.8 Å². The summed E-state index contributed by atoms with van der Waals surface area (Å²) in [7, 11) is 0. The van der Waals surface area contributed by atoms with Crippen LogP contribution in [0.25, 0.3) is 11.3 Å². The van der Waals surface area contributed by atoms with Gasteiger partial charge in [0.25, 0.3) is 0 Å². The van der Waals surface area contributed by atoms with E-state index in [4.69, 9.17) is 10.00 Å². The molecule has 0 saturated heterocycles. The smallest absolute Gasteiger partial charge is 0.122 e. The quantitative estimate of drug-likeness (QED) is 0.848. The SMILES string of the molecule is CCOc1cc(C)c(-c2csc(CC#N)n2)cc1C. The molecule has 0 atom stereocenters. The van der Waals surface area contributed by atoms with Gasteiger partial charge in [-0.2, -0.15) is 5.26 Å². The molecule has 1 heterocycles. The number of ether oxygens (including phenoxy) is 1. The summed E-state index contributed by atoms with van der Waals surface area (Å²) < 4.78 is 5.59. The van der Waals surface area contributed by atoms with Crippen molar-refractivity contribution < 1.29 is 4.74 Å².